The van der Waals surface area contributed by atoms with Gasteiger partial charge in [0, 0.05) is 5.56 Å². The number of para-hydroxylation sites is 1. The van der Waals surface area contributed by atoms with E-state index in [9.17, 15) is 18.0 Å². The molecule has 1 heterocycles. The van der Waals surface area contributed by atoms with Crippen molar-refractivity contribution in [3.8, 4) is 16.3 Å². The maximum absolute atomic E-state index is 12.5. The molecule has 24 heavy (non-hydrogen) atoms. The number of nitrogens with one attached hydrogen (secondary N) is 1. The van der Waals surface area contributed by atoms with Crippen molar-refractivity contribution in [2.45, 2.75) is 6.18 Å². The molecular formula is C16H11F3N2O2S. The van der Waals surface area contributed by atoms with Gasteiger partial charge in [0.05, 0.1) is 23.0 Å². The summed E-state index contributed by atoms with van der Waals surface area (Å²) in [5.74, 6) is -1.92. The Morgan fingerprint density at radius 3 is 2.62 bits per heavy atom. The highest BCUT2D eigenvalue weighted by molar-refractivity contribution is 7.21. The van der Waals surface area contributed by atoms with Crippen LogP contribution in [-0.2, 0) is 4.79 Å². The number of amides is 1. The minimum Gasteiger partial charge on any atom is -0.495 e. The van der Waals surface area contributed by atoms with Gasteiger partial charge in [0.15, 0.2) is 0 Å². The lowest BCUT2D eigenvalue weighted by Crippen LogP contribution is -2.30. The summed E-state index contributed by atoms with van der Waals surface area (Å²) in [5, 5.41) is 2.47. The molecule has 3 rings (SSSR count). The molecule has 0 radical (unpaired) electrons. The smallest absolute Gasteiger partial charge is 0.471 e. The van der Waals surface area contributed by atoms with Crippen molar-refractivity contribution in [1.29, 1.82) is 0 Å². The Hall–Kier alpha value is -2.61. The molecule has 1 N–H and O–H groups in total. The second-order valence-corrected chi connectivity index (χ2v) is 5.88. The minimum atomic E-state index is -4.98. The standard InChI is InChI=1S/C16H11F3N2O2S/c1-23-12-7-6-9(8-11(12)21-15(22)16(17,18)19)14-20-10-4-2-3-5-13(10)24-14/h2-8H,1H3,(H,21,22). The van der Waals surface area contributed by atoms with Crippen LogP contribution in [0, 0.1) is 0 Å². The SMILES string of the molecule is COc1ccc(-c2nc3ccccc3s2)cc1NC(=O)C(F)(F)F. The first-order valence-corrected chi connectivity index (χ1v) is 7.62. The Labute approximate surface area is 138 Å². The highest BCUT2D eigenvalue weighted by Crippen LogP contribution is 2.35. The highest BCUT2D eigenvalue weighted by atomic mass is 32.1. The molecule has 0 bridgehead atoms. The van der Waals surface area contributed by atoms with Crippen molar-refractivity contribution in [2.24, 2.45) is 0 Å². The number of hydrogen-bond acceptors (Lipinski definition) is 4. The number of hydrogen-bond donors (Lipinski definition) is 1. The molecule has 0 atom stereocenters. The number of nitrogens with zero attached hydrogens (tertiary/aromatic N) is 1. The highest BCUT2D eigenvalue weighted by Gasteiger charge is 2.39. The molecule has 0 saturated carbocycles. The third-order valence-corrected chi connectivity index (χ3v) is 4.33. The van der Waals surface area contributed by atoms with Crippen LogP contribution in [0.15, 0.2) is 42.5 Å². The van der Waals surface area contributed by atoms with E-state index >= 15 is 0 Å². The van der Waals surface area contributed by atoms with Crippen LogP contribution in [0.4, 0.5) is 18.9 Å². The number of benzene rings is 2. The zero-order chi connectivity index (χ0) is 17.3. The Balaban J connectivity index is 2.00. The maximum atomic E-state index is 12.5. The van der Waals surface area contributed by atoms with Gasteiger partial charge in [0.25, 0.3) is 0 Å². The number of alkyl halides is 3. The van der Waals surface area contributed by atoms with Gasteiger partial charge in [0.1, 0.15) is 10.8 Å². The molecule has 2 aromatic carbocycles. The molecule has 0 aliphatic carbocycles. The number of anilines is 1. The fourth-order valence-corrected chi connectivity index (χ4v) is 3.09. The van der Waals surface area contributed by atoms with Crippen molar-refractivity contribution in [2.75, 3.05) is 12.4 Å². The Bertz CT molecular complexity index is 873. The number of ether oxygens (including phenoxy) is 1. The second-order valence-electron chi connectivity index (χ2n) is 4.85. The lowest BCUT2D eigenvalue weighted by atomic mass is 10.2. The molecule has 4 nitrogen and oxygen atoms in total. The molecule has 0 fully saturated rings. The molecule has 1 aromatic heterocycles. The van der Waals surface area contributed by atoms with E-state index in [0.717, 1.165) is 10.2 Å². The first-order chi connectivity index (χ1) is 11.4. The predicted octanol–water partition coefficient (Wildman–Crippen LogP) is 4.47. The molecule has 124 valence electrons. The van der Waals surface area contributed by atoms with Crippen LogP contribution >= 0.6 is 11.3 Å². The summed E-state index contributed by atoms with van der Waals surface area (Å²) in [6.07, 6.45) is -4.98. The molecule has 0 saturated heterocycles. The third kappa shape index (κ3) is 3.18. The maximum Gasteiger partial charge on any atom is 0.471 e. The van der Waals surface area contributed by atoms with Crippen molar-refractivity contribution in [1.82, 2.24) is 4.98 Å². The molecule has 0 unspecified atom stereocenters. The van der Waals surface area contributed by atoms with Crippen LogP contribution in [-0.4, -0.2) is 24.2 Å². The van der Waals surface area contributed by atoms with E-state index in [1.165, 1.54) is 30.6 Å². The summed E-state index contributed by atoms with van der Waals surface area (Å²) >= 11 is 1.41. The number of methoxy groups -OCH3 is 1. The number of rotatable bonds is 3. The van der Waals surface area contributed by atoms with Crippen LogP contribution in [0.25, 0.3) is 20.8 Å². The first kappa shape index (κ1) is 16.3. The summed E-state index contributed by atoms with van der Waals surface area (Å²) in [6.45, 7) is 0. The normalized spacial score (nSPS) is 11.5. The molecule has 0 spiro atoms. The van der Waals surface area contributed by atoms with E-state index in [-0.39, 0.29) is 11.4 Å². The number of aromatic nitrogens is 1. The molecular weight excluding hydrogens is 341 g/mol. The lowest BCUT2D eigenvalue weighted by Gasteiger charge is -2.12. The molecule has 8 heteroatoms. The van der Waals surface area contributed by atoms with E-state index in [4.69, 9.17) is 4.74 Å². The van der Waals surface area contributed by atoms with E-state index < -0.39 is 12.1 Å². The van der Waals surface area contributed by atoms with Gasteiger partial charge < -0.3 is 10.1 Å². The molecule has 0 aliphatic heterocycles. The van der Waals surface area contributed by atoms with Crippen molar-refractivity contribution in [3.63, 3.8) is 0 Å². The lowest BCUT2D eigenvalue weighted by molar-refractivity contribution is -0.167. The zero-order valence-electron chi connectivity index (χ0n) is 12.3. The topological polar surface area (TPSA) is 51.2 Å². The Morgan fingerprint density at radius 2 is 1.96 bits per heavy atom. The van der Waals surface area contributed by atoms with Crippen LogP contribution in [0.2, 0.25) is 0 Å². The minimum absolute atomic E-state index is 0.0587. The van der Waals surface area contributed by atoms with Crippen LogP contribution in [0.5, 0.6) is 5.75 Å². The fourth-order valence-electron chi connectivity index (χ4n) is 2.13. The number of carbonyl (C=O) groups excluding carboxylic acids is 1. The monoisotopic (exact) mass is 352 g/mol. The van der Waals surface area contributed by atoms with E-state index in [1.807, 2.05) is 29.6 Å². The molecule has 0 aliphatic rings. The molecule has 3 aromatic rings. The average Bonchev–Trinajstić information content (AvgIpc) is 2.98. The zero-order valence-corrected chi connectivity index (χ0v) is 13.2. The average molecular weight is 352 g/mol. The Kier molecular flexibility index (Phi) is 4.15. The summed E-state index contributed by atoms with van der Waals surface area (Å²) in [6, 6.07) is 12.1. The number of halogens is 3. The van der Waals surface area contributed by atoms with Gasteiger partial charge in [-0.15, -0.1) is 11.3 Å². The summed E-state index contributed by atoms with van der Waals surface area (Å²) in [4.78, 5) is 15.6. The van der Waals surface area contributed by atoms with Crippen molar-refractivity contribution in [3.05, 3.63) is 42.5 Å². The second kappa shape index (κ2) is 6.12. The van der Waals surface area contributed by atoms with E-state index in [1.54, 1.807) is 6.07 Å². The van der Waals surface area contributed by atoms with Crippen LogP contribution < -0.4 is 10.1 Å². The van der Waals surface area contributed by atoms with Gasteiger partial charge in [-0.2, -0.15) is 13.2 Å². The van der Waals surface area contributed by atoms with Gasteiger partial charge in [-0.05, 0) is 30.3 Å². The van der Waals surface area contributed by atoms with Crippen molar-refractivity contribution >= 4 is 33.1 Å². The summed E-state index contributed by atoms with van der Waals surface area (Å²) in [7, 11) is 1.32. The van der Waals surface area contributed by atoms with Crippen LogP contribution in [0.3, 0.4) is 0 Å². The van der Waals surface area contributed by atoms with E-state index in [2.05, 4.69) is 4.98 Å². The van der Waals surface area contributed by atoms with Gasteiger partial charge in [-0.1, -0.05) is 12.1 Å². The quantitative estimate of drug-likeness (QED) is 0.756. The van der Waals surface area contributed by atoms with Crippen LogP contribution in [0.1, 0.15) is 0 Å². The van der Waals surface area contributed by atoms with Gasteiger partial charge in [0.2, 0.25) is 0 Å². The first-order valence-electron chi connectivity index (χ1n) is 6.80. The summed E-state index contributed by atoms with van der Waals surface area (Å²) < 4.78 is 43.4. The summed E-state index contributed by atoms with van der Waals surface area (Å²) in [5.41, 5.74) is 1.33. The fraction of sp³-hybridized carbons (Fsp3) is 0.125. The number of carbonyl (C=O) groups is 1. The number of fused-ring (bicyclic) bond motifs is 1. The third-order valence-electron chi connectivity index (χ3n) is 3.25. The Morgan fingerprint density at radius 1 is 1.21 bits per heavy atom. The van der Waals surface area contributed by atoms with Crippen molar-refractivity contribution < 1.29 is 22.7 Å². The van der Waals surface area contributed by atoms with Gasteiger partial charge >= 0.3 is 12.1 Å². The number of thiazole rings is 1. The van der Waals surface area contributed by atoms with E-state index in [0.29, 0.717) is 10.6 Å². The molecule has 1 amide bonds. The predicted molar refractivity (Wildman–Crippen MR) is 86.3 cm³/mol. The largest absolute Gasteiger partial charge is 0.495 e. The van der Waals surface area contributed by atoms with Gasteiger partial charge in [-0.3, -0.25) is 4.79 Å². The van der Waals surface area contributed by atoms with Gasteiger partial charge in [-0.25, -0.2) is 4.98 Å².